The minimum atomic E-state index is -5.42. The predicted molar refractivity (Wildman–Crippen MR) is 209 cm³/mol. The molecular weight excluding hydrogens is 920 g/mol. The molecule has 0 aliphatic carbocycles. The van der Waals surface area contributed by atoms with Crippen molar-refractivity contribution in [2.45, 2.75) is 73.6 Å². The van der Waals surface area contributed by atoms with Crippen LogP contribution in [-0.2, 0) is 41.4 Å². The second-order valence-corrected chi connectivity index (χ2v) is 17.5. The summed E-state index contributed by atoms with van der Waals surface area (Å²) in [5.74, 6) is -0.655. The van der Waals surface area contributed by atoms with Crippen LogP contribution in [0.5, 0.6) is 0 Å². The van der Waals surface area contributed by atoms with Crippen LogP contribution < -0.4 is 28.3 Å². The normalized spacial score (nSPS) is 31.3. The zero-order valence-corrected chi connectivity index (χ0v) is 34.4. The largest absolute Gasteiger partial charge is 0.472 e. The summed E-state index contributed by atoms with van der Waals surface area (Å²) in [6.07, 6.45) is -16.0. The maximum Gasteiger partial charge on any atom is 0.472 e. The van der Waals surface area contributed by atoms with Crippen molar-refractivity contribution in [3.05, 3.63) is 46.0 Å². The fourth-order valence-electron chi connectivity index (χ4n) is 7.56. The number of nitrogens with zero attached hydrogens (tertiary/aromatic N) is 10. The van der Waals surface area contributed by atoms with Crippen LogP contribution in [-0.4, -0.2) is 169 Å². The number of phosphoric ester groups is 2. The first-order valence-electron chi connectivity index (χ1n) is 18.8. The number of nitrogens with two attached hydrogens (primary N) is 3. The number of aliphatic hydroxyl groups is 5. The van der Waals surface area contributed by atoms with Gasteiger partial charge in [0.1, 0.15) is 66.8 Å². The van der Waals surface area contributed by atoms with Crippen molar-refractivity contribution in [2.75, 3.05) is 37.0 Å². The van der Waals surface area contributed by atoms with Crippen LogP contribution >= 0.6 is 15.6 Å². The Bertz CT molecular complexity index is 2980. The lowest BCUT2D eigenvalue weighted by atomic mass is 10.1. The van der Waals surface area contributed by atoms with Gasteiger partial charge in [0.2, 0.25) is 11.9 Å². The van der Waals surface area contributed by atoms with E-state index in [1.54, 1.807) is 0 Å². The monoisotopic (exact) mass is 957 g/mol. The van der Waals surface area contributed by atoms with E-state index in [9.17, 15) is 54.0 Å². The van der Waals surface area contributed by atoms with E-state index >= 15 is 0 Å². The number of ether oxygens (including phenoxy) is 3. The van der Waals surface area contributed by atoms with Crippen molar-refractivity contribution in [1.82, 2.24) is 58.6 Å². The van der Waals surface area contributed by atoms with Gasteiger partial charge in [0.05, 0.1) is 38.8 Å². The minimum absolute atomic E-state index is 0.00407. The summed E-state index contributed by atoms with van der Waals surface area (Å²) in [7, 11) is -10.8. The smallest absolute Gasteiger partial charge is 0.394 e. The van der Waals surface area contributed by atoms with Crippen LogP contribution in [0.4, 0.5) is 17.7 Å². The molecule has 14 atom stereocenters. The van der Waals surface area contributed by atoms with Crippen LogP contribution in [0.15, 0.2) is 34.9 Å². The number of aliphatic hydroxyl groups excluding tert-OH is 5. The lowest BCUT2D eigenvalue weighted by Gasteiger charge is -2.25. The molecule has 65 heavy (non-hydrogen) atoms. The molecule has 2 unspecified atom stereocenters. The summed E-state index contributed by atoms with van der Waals surface area (Å²) >= 11 is 0. The number of nitrogen functional groups attached to an aromatic ring is 3. The number of imidazole rings is 3. The average molecular weight is 958 g/mol. The first-order chi connectivity index (χ1) is 30.8. The Kier molecular flexibility index (Phi) is 11.5. The zero-order valence-electron chi connectivity index (χ0n) is 32.6. The molecule has 0 amide bonds. The number of rotatable bonds is 14. The topological polar surface area (TPSA) is 489 Å². The highest BCUT2D eigenvalue weighted by molar-refractivity contribution is 7.47. The van der Waals surface area contributed by atoms with Crippen LogP contribution in [0.3, 0.4) is 0 Å². The molecule has 15 N–H and O–H groups in total. The fraction of sp³-hybridized carbons (Fsp3) is 0.500. The van der Waals surface area contributed by atoms with Gasteiger partial charge in [-0.15, -0.1) is 0 Å². The molecule has 6 aromatic rings. The van der Waals surface area contributed by atoms with Gasteiger partial charge in [0.15, 0.2) is 52.5 Å². The lowest BCUT2D eigenvalue weighted by Crippen LogP contribution is -2.37. The Hall–Kier alpha value is -5.45. The van der Waals surface area contributed by atoms with Crippen molar-refractivity contribution in [3.8, 4) is 0 Å². The number of hydrogen-bond donors (Lipinski definition) is 12. The van der Waals surface area contributed by atoms with Crippen LogP contribution in [0.25, 0.3) is 33.5 Å². The molecular formula is C30H37N15O18P2. The van der Waals surface area contributed by atoms with E-state index < -0.39 is 120 Å². The third kappa shape index (κ3) is 8.15. The highest BCUT2D eigenvalue weighted by Gasteiger charge is 2.53. The number of fused-ring (bicyclic) bond motifs is 3. The number of aromatic nitrogens is 12. The number of nitrogens with one attached hydrogen (secondary N) is 2. The minimum Gasteiger partial charge on any atom is -0.394 e. The third-order valence-electron chi connectivity index (χ3n) is 10.6. The van der Waals surface area contributed by atoms with Gasteiger partial charge < -0.3 is 66.7 Å². The molecule has 350 valence electrons. The standard InChI is InChI=1S/C30H37N15O18P2/c31-20-11-21(35-4-34-20)43(5-36-11)27-16(49)18(8(1-46)59-27)62-65(55,56)58-3-10-19(17(50)28(61-10)45-7-38-13-23(45)40-30(33)42-25(13)52)63-64(53,54)57-2-9-14(47)15(48)26(60-9)44-6-37-12-22(44)39-29(32)41-24(12)51/h4-10,14-19,26-28,46-50H,1-3H2,(H,53,54)(H,55,56)(H2,31,34,35)(H3,32,39,41,51)(H3,33,40,42,52)/t8-,9-,10-,14-,15-,16-,17-,18-,19-,26-,27-,28-/m1/s1. The molecule has 6 aromatic heterocycles. The molecule has 3 aliphatic heterocycles. The van der Waals surface area contributed by atoms with E-state index in [0.29, 0.717) is 0 Å². The molecule has 35 heteroatoms. The molecule has 3 fully saturated rings. The van der Waals surface area contributed by atoms with Crippen molar-refractivity contribution < 1.29 is 76.8 Å². The van der Waals surface area contributed by atoms with Crippen LogP contribution in [0.2, 0.25) is 0 Å². The third-order valence-corrected chi connectivity index (χ3v) is 12.5. The molecule has 33 nitrogen and oxygen atoms in total. The maximum atomic E-state index is 13.5. The second kappa shape index (κ2) is 16.8. The second-order valence-electron chi connectivity index (χ2n) is 14.6. The van der Waals surface area contributed by atoms with Crippen molar-refractivity contribution in [3.63, 3.8) is 0 Å². The summed E-state index contributed by atoms with van der Waals surface area (Å²) in [4.78, 5) is 79.0. The summed E-state index contributed by atoms with van der Waals surface area (Å²) < 4.78 is 68.6. The van der Waals surface area contributed by atoms with Gasteiger partial charge in [-0.05, 0) is 0 Å². The van der Waals surface area contributed by atoms with Gasteiger partial charge in [-0.3, -0.25) is 51.4 Å². The summed E-state index contributed by atoms with van der Waals surface area (Å²) in [5.41, 5.74) is 15.2. The molecule has 0 spiro atoms. The highest BCUT2D eigenvalue weighted by atomic mass is 31.2. The Morgan fingerprint density at radius 2 is 1.06 bits per heavy atom. The Morgan fingerprint density at radius 3 is 1.60 bits per heavy atom. The summed E-state index contributed by atoms with van der Waals surface area (Å²) in [5, 5.41) is 54.4. The predicted octanol–water partition coefficient (Wildman–Crippen LogP) is -5.03. The van der Waals surface area contributed by atoms with Gasteiger partial charge in [-0.25, -0.2) is 34.0 Å². The van der Waals surface area contributed by atoms with E-state index in [2.05, 4.69) is 44.9 Å². The first-order valence-corrected chi connectivity index (χ1v) is 21.8. The number of anilines is 3. The molecule has 0 bridgehead atoms. The van der Waals surface area contributed by atoms with Gasteiger partial charge in [0, 0.05) is 0 Å². The highest BCUT2D eigenvalue weighted by Crippen LogP contribution is 2.52. The summed E-state index contributed by atoms with van der Waals surface area (Å²) in [6.45, 7) is -2.86. The van der Waals surface area contributed by atoms with Gasteiger partial charge in [-0.2, -0.15) is 9.97 Å². The van der Waals surface area contributed by atoms with E-state index in [1.807, 2.05) is 0 Å². The van der Waals surface area contributed by atoms with Crippen molar-refractivity contribution in [2.24, 2.45) is 0 Å². The van der Waals surface area contributed by atoms with Gasteiger partial charge in [-0.1, -0.05) is 0 Å². The van der Waals surface area contributed by atoms with E-state index in [0.717, 1.165) is 28.1 Å². The molecule has 9 heterocycles. The number of H-pyrrole nitrogens is 2. The molecule has 9 rings (SSSR count). The van der Waals surface area contributed by atoms with Gasteiger partial charge in [0.25, 0.3) is 11.1 Å². The maximum absolute atomic E-state index is 13.5. The Morgan fingerprint density at radius 1 is 0.615 bits per heavy atom. The lowest BCUT2D eigenvalue weighted by molar-refractivity contribution is -0.0618. The number of aromatic amines is 2. The Balaban J connectivity index is 0.921. The van der Waals surface area contributed by atoms with Crippen LogP contribution in [0.1, 0.15) is 18.7 Å². The Labute approximate surface area is 358 Å². The zero-order chi connectivity index (χ0) is 46.3. The van der Waals surface area contributed by atoms with E-state index in [1.165, 1.54) is 10.9 Å². The molecule has 0 saturated carbocycles. The van der Waals surface area contributed by atoms with Gasteiger partial charge >= 0.3 is 15.6 Å². The average Bonchev–Trinajstić information content (AvgIpc) is 4.11. The van der Waals surface area contributed by atoms with E-state index in [-0.39, 0.29) is 51.2 Å². The number of hydrogen-bond acceptors (Lipinski definition) is 26. The SMILES string of the molecule is Nc1nc2c(ncn2[C@@H]2O[C@H](COP(=O)(O)O[C@H]3[C@@H](O)[C@H](n4cnc5c(=O)[nH]c(N)nc54)O[C@@H]3COP(=O)(O)O[C@H]3[C@@H](O)[C@H](n4cnc5c(N)ncnc54)O[C@@H]3CO)[C@@H](O)[C@H]2O)c(=O)[nH]1. The quantitative estimate of drug-likeness (QED) is 0.0455. The molecule has 3 aliphatic rings. The summed E-state index contributed by atoms with van der Waals surface area (Å²) in [6, 6.07) is 0. The fourth-order valence-corrected chi connectivity index (χ4v) is 9.48. The first kappa shape index (κ1) is 44.7. The molecule has 0 radical (unpaired) electrons. The van der Waals surface area contributed by atoms with Crippen molar-refractivity contribution >= 4 is 66.9 Å². The van der Waals surface area contributed by atoms with Crippen molar-refractivity contribution in [1.29, 1.82) is 0 Å². The molecule has 3 saturated heterocycles. The molecule has 0 aromatic carbocycles. The number of phosphoric acid groups is 2. The van der Waals surface area contributed by atoms with Crippen LogP contribution in [0, 0.1) is 0 Å². The van der Waals surface area contributed by atoms with E-state index in [4.69, 9.17) is 49.5 Å².